The molecule has 5 rings (SSSR count). The molecule has 0 aliphatic carbocycles. The van der Waals surface area contributed by atoms with Gasteiger partial charge in [-0.15, -0.1) is 6.58 Å². The first kappa shape index (κ1) is 28.9. The Morgan fingerprint density at radius 2 is 1.74 bits per heavy atom. The van der Waals surface area contributed by atoms with Crippen LogP contribution in [-0.2, 0) is 33.8 Å². The number of benzene rings is 3. The predicted octanol–water partition coefficient (Wildman–Crippen LogP) is 3.66. The number of hydrogen-bond donors (Lipinski definition) is 1. The average Bonchev–Trinajstić information content (AvgIpc) is 2.97. The Morgan fingerprint density at radius 3 is 2.43 bits per heavy atom. The maximum Gasteiger partial charge on any atom is 0.246 e. The molecule has 0 radical (unpaired) electrons. The molecule has 2 heterocycles. The molecule has 3 aromatic carbocycles. The Morgan fingerprint density at radius 1 is 1.00 bits per heavy atom. The van der Waals surface area contributed by atoms with Crippen LogP contribution in [0.25, 0.3) is 0 Å². The Kier molecular flexibility index (Phi) is 8.63. The van der Waals surface area contributed by atoms with Crippen molar-refractivity contribution in [2.45, 2.75) is 38.0 Å². The van der Waals surface area contributed by atoms with Crippen molar-refractivity contribution in [3.8, 4) is 5.75 Å². The quantitative estimate of drug-likeness (QED) is 0.395. The van der Waals surface area contributed by atoms with Crippen LogP contribution in [0.4, 0.5) is 8.78 Å². The number of phenols is 1. The second-order valence-electron chi connectivity index (χ2n) is 10.5. The number of nitrogens with zero attached hydrogens (tertiary/aromatic N) is 4. The van der Waals surface area contributed by atoms with Crippen LogP contribution >= 0.6 is 0 Å². The van der Waals surface area contributed by atoms with Gasteiger partial charge in [0.25, 0.3) is 0 Å². The van der Waals surface area contributed by atoms with Gasteiger partial charge in [0.1, 0.15) is 29.6 Å². The van der Waals surface area contributed by atoms with Crippen LogP contribution in [0.2, 0.25) is 0 Å². The van der Waals surface area contributed by atoms with Gasteiger partial charge in [0, 0.05) is 37.6 Å². The third-order valence-corrected chi connectivity index (χ3v) is 7.64. The highest BCUT2D eigenvalue weighted by Crippen LogP contribution is 2.30. The lowest BCUT2D eigenvalue weighted by atomic mass is 9.98. The van der Waals surface area contributed by atoms with Gasteiger partial charge in [0.2, 0.25) is 17.7 Å². The van der Waals surface area contributed by atoms with Crippen molar-refractivity contribution in [2.24, 2.45) is 0 Å². The standard InChI is InChI=1S/C32H32F2N4O4/c1-2-16-36-21-31(41)37-28(17-23-8-13-26(39)14-9-23)32(42)35(19-24-11-12-25(33)18-27(24)34)20-29(37)38(36)30(40)15-10-22-6-4-3-5-7-22/h2-9,11-14,18,28-29,39H,1,10,15-17,19-21H2/t28-,29+/m0/s1. The van der Waals surface area contributed by atoms with Crippen LogP contribution in [0, 0.1) is 11.6 Å². The molecule has 0 bridgehead atoms. The molecule has 0 aromatic heterocycles. The van der Waals surface area contributed by atoms with Crippen LogP contribution < -0.4 is 0 Å². The Balaban J connectivity index is 1.50. The minimum absolute atomic E-state index is 0.0574. The van der Waals surface area contributed by atoms with E-state index in [0.717, 1.165) is 17.7 Å². The van der Waals surface area contributed by atoms with Gasteiger partial charge in [-0.25, -0.2) is 18.8 Å². The fraction of sp³-hybridized carbons (Fsp3) is 0.281. The SMILES string of the molecule is C=CCN1CC(=O)N2[C@@H](CN(Cc3ccc(F)cc3F)C(=O)[C@@H]2Cc2ccc(O)cc2)N1C(=O)CCc1ccccc1. The molecule has 42 heavy (non-hydrogen) atoms. The lowest BCUT2D eigenvalue weighted by Gasteiger charge is -2.55. The number of carbonyl (C=O) groups is 3. The molecule has 218 valence electrons. The molecule has 0 unspecified atom stereocenters. The maximum atomic E-state index is 14.7. The summed E-state index contributed by atoms with van der Waals surface area (Å²) in [5.74, 6) is -2.42. The zero-order chi connectivity index (χ0) is 29.8. The number of aryl methyl sites for hydroxylation is 1. The van der Waals surface area contributed by atoms with E-state index in [1.807, 2.05) is 30.3 Å². The van der Waals surface area contributed by atoms with E-state index >= 15 is 0 Å². The third-order valence-electron chi connectivity index (χ3n) is 7.64. The number of fused-ring (bicyclic) bond motifs is 1. The summed E-state index contributed by atoms with van der Waals surface area (Å²) in [5, 5.41) is 12.9. The summed E-state index contributed by atoms with van der Waals surface area (Å²) in [6.07, 6.45) is 1.53. The molecule has 8 nitrogen and oxygen atoms in total. The summed E-state index contributed by atoms with van der Waals surface area (Å²) >= 11 is 0. The second kappa shape index (κ2) is 12.5. The smallest absolute Gasteiger partial charge is 0.246 e. The van der Waals surface area contributed by atoms with Crippen molar-refractivity contribution < 1.29 is 28.3 Å². The largest absolute Gasteiger partial charge is 0.508 e. The zero-order valence-electron chi connectivity index (χ0n) is 23.0. The molecule has 2 saturated heterocycles. The van der Waals surface area contributed by atoms with Crippen LogP contribution in [0.15, 0.2) is 85.5 Å². The Labute approximate surface area is 243 Å². The van der Waals surface area contributed by atoms with E-state index in [4.69, 9.17) is 0 Å². The number of hydrazine groups is 1. The zero-order valence-corrected chi connectivity index (χ0v) is 23.0. The number of amides is 3. The average molecular weight is 575 g/mol. The van der Waals surface area contributed by atoms with Gasteiger partial charge in [-0.05, 0) is 35.7 Å². The molecule has 2 aliphatic rings. The summed E-state index contributed by atoms with van der Waals surface area (Å²) in [7, 11) is 0. The Bertz CT molecular complexity index is 1470. The predicted molar refractivity (Wildman–Crippen MR) is 151 cm³/mol. The summed E-state index contributed by atoms with van der Waals surface area (Å²) < 4.78 is 28.3. The van der Waals surface area contributed by atoms with Crippen LogP contribution in [0.3, 0.4) is 0 Å². The number of piperazine rings is 1. The summed E-state index contributed by atoms with van der Waals surface area (Å²) in [5.41, 5.74) is 1.81. The van der Waals surface area contributed by atoms with E-state index in [1.165, 1.54) is 33.0 Å². The van der Waals surface area contributed by atoms with Gasteiger partial charge in [-0.2, -0.15) is 0 Å². The van der Waals surface area contributed by atoms with E-state index in [0.29, 0.717) is 12.0 Å². The monoisotopic (exact) mass is 574 g/mol. The highest BCUT2D eigenvalue weighted by molar-refractivity contribution is 5.92. The number of phenolic OH excluding ortho intramolecular Hbond substituents is 1. The first-order valence-electron chi connectivity index (χ1n) is 13.8. The minimum atomic E-state index is -0.986. The van der Waals surface area contributed by atoms with Gasteiger partial charge >= 0.3 is 0 Å². The number of aromatic hydroxyl groups is 1. The molecule has 0 saturated carbocycles. The molecule has 2 fully saturated rings. The highest BCUT2D eigenvalue weighted by atomic mass is 19.1. The third kappa shape index (κ3) is 6.18. The molecule has 1 N–H and O–H groups in total. The van der Waals surface area contributed by atoms with Crippen LogP contribution in [-0.4, -0.2) is 74.5 Å². The Hall–Kier alpha value is -4.57. The molecule has 10 heteroatoms. The van der Waals surface area contributed by atoms with Crippen molar-refractivity contribution in [1.29, 1.82) is 0 Å². The summed E-state index contributed by atoms with van der Waals surface area (Å²) in [6, 6.07) is 18.1. The maximum absolute atomic E-state index is 14.7. The van der Waals surface area contributed by atoms with Gasteiger partial charge in [0.15, 0.2) is 0 Å². The number of carbonyl (C=O) groups excluding carboxylic acids is 3. The van der Waals surface area contributed by atoms with E-state index < -0.39 is 29.7 Å². The van der Waals surface area contributed by atoms with Gasteiger partial charge in [0.05, 0.1) is 13.1 Å². The molecule has 2 atom stereocenters. The fourth-order valence-corrected chi connectivity index (χ4v) is 5.63. The van der Waals surface area contributed by atoms with Crippen molar-refractivity contribution >= 4 is 17.7 Å². The van der Waals surface area contributed by atoms with E-state index in [9.17, 15) is 28.3 Å². The van der Waals surface area contributed by atoms with Crippen molar-refractivity contribution in [1.82, 2.24) is 19.8 Å². The molecule has 3 amide bonds. The first-order chi connectivity index (χ1) is 20.2. The summed E-state index contributed by atoms with van der Waals surface area (Å²) in [4.78, 5) is 44.3. The second-order valence-corrected chi connectivity index (χ2v) is 10.5. The van der Waals surface area contributed by atoms with E-state index in [2.05, 4.69) is 6.58 Å². The van der Waals surface area contributed by atoms with Crippen molar-refractivity contribution in [3.05, 3.63) is 114 Å². The molecule has 2 aliphatic heterocycles. The van der Waals surface area contributed by atoms with Gasteiger partial charge < -0.3 is 14.9 Å². The van der Waals surface area contributed by atoms with Gasteiger partial charge in [-0.3, -0.25) is 14.4 Å². The molecule has 3 aromatic rings. The number of hydrogen-bond acceptors (Lipinski definition) is 5. The normalized spacial score (nSPS) is 19.1. The molecular weight excluding hydrogens is 542 g/mol. The first-order valence-corrected chi connectivity index (χ1v) is 13.8. The fourth-order valence-electron chi connectivity index (χ4n) is 5.63. The minimum Gasteiger partial charge on any atom is -0.508 e. The molecule has 0 spiro atoms. The molecular formula is C32H32F2N4O4. The number of rotatable bonds is 9. The highest BCUT2D eigenvalue weighted by Gasteiger charge is 2.51. The van der Waals surface area contributed by atoms with Crippen molar-refractivity contribution in [2.75, 3.05) is 19.6 Å². The van der Waals surface area contributed by atoms with Crippen molar-refractivity contribution in [3.63, 3.8) is 0 Å². The van der Waals surface area contributed by atoms with Gasteiger partial charge in [-0.1, -0.05) is 54.6 Å². The summed E-state index contributed by atoms with van der Waals surface area (Å²) in [6.45, 7) is 3.68. The van der Waals surface area contributed by atoms with E-state index in [-0.39, 0.29) is 62.1 Å². The van der Waals surface area contributed by atoms with Crippen LogP contribution in [0.5, 0.6) is 5.75 Å². The number of halogens is 2. The topological polar surface area (TPSA) is 84.4 Å². The van der Waals surface area contributed by atoms with Crippen LogP contribution in [0.1, 0.15) is 23.1 Å². The lowest BCUT2D eigenvalue weighted by molar-refractivity contribution is -0.205. The van der Waals surface area contributed by atoms with E-state index in [1.54, 1.807) is 23.2 Å². The lowest BCUT2D eigenvalue weighted by Crippen LogP contribution is -2.75.